The first-order chi connectivity index (χ1) is 4.95. The van der Waals surface area contributed by atoms with Gasteiger partial charge < -0.3 is 5.32 Å². The smallest absolute Gasteiger partial charge is 0.208 e. The van der Waals surface area contributed by atoms with Gasteiger partial charge in [-0.3, -0.25) is 10.1 Å². The fourth-order valence-electron chi connectivity index (χ4n) is 0.620. The molecule has 3 nitrogen and oxygen atoms in total. The molecule has 0 aromatic heterocycles. The molecule has 0 aromatic rings. The van der Waals surface area contributed by atoms with Crippen molar-refractivity contribution in [3.8, 4) is 0 Å². The van der Waals surface area contributed by atoms with Gasteiger partial charge in [0, 0.05) is 6.54 Å². The Kier molecular flexibility index (Phi) is 4.11. The zero-order valence-corrected chi connectivity index (χ0v) is 7.77. The molecule has 0 aliphatic heterocycles. The fourth-order valence-corrected chi connectivity index (χ4v) is 0.620. The molecule has 0 spiro atoms. The molecule has 1 unspecified atom stereocenters. The SMILES string of the molecule is CC(NC=O)NCC(C)(C)C. The summed E-state index contributed by atoms with van der Waals surface area (Å²) in [5.74, 6) is 0. The summed E-state index contributed by atoms with van der Waals surface area (Å²) in [4.78, 5) is 9.99. The van der Waals surface area contributed by atoms with Crippen LogP contribution in [0.4, 0.5) is 0 Å². The predicted molar refractivity (Wildman–Crippen MR) is 46.1 cm³/mol. The lowest BCUT2D eigenvalue weighted by Crippen LogP contribution is -2.42. The van der Waals surface area contributed by atoms with Crippen molar-refractivity contribution in [2.24, 2.45) is 5.41 Å². The third-order valence-electron chi connectivity index (χ3n) is 1.26. The maximum atomic E-state index is 9.99. The van der Waals surface area contributed by atoms with Gasteiger partial charge in [0.2, 0.25) is 6.41 Å². The first-order valence-electron chi connectivity index (χ1n) is 3.89. The van der Waals surface area contributed by atoms with E-state index in [2.05, 4.69) is 31.4 Å². The second kappa shape index (κ2) is 4.34. The largest absolute Gasteiger partial charge is 0.344 e. The van der Waals surface area contributed by atoms with E-state index >= 15 is 0 Å². The number of carbonyl (C=O) groups is 1. The van der Waals surface area contributed by atoms with E-state index in [9.17, 15) is 4.79 Å². The summed E-state index contributed by atoms with van der Waals surface area (Å²) >= 11 is 0. The van der Waals surface area contributed by atoms with Crippen molar-refractivity contribution >= 4 is 6.41 Å². The van der Waals surface area contributed by atoms with Crippen molar-refractivity contribution in [3.05, 3.63) is 0 Å². The number of carbonyl (C=O) groups excluding carboxylic acids is 1. The second-order valence-electron chi connectivity index (χ2n) is 3.95. The van der Waals surface area contributed by atoms with E-state index in [0.29, 0.717) is 6.41 Å². The van der Waals surface area contributed by atoms with Crippen LogP contribution in [-0.2, 0) is 4.79 Å². The number of hydrogen-bond donors (Lipinski definition) is 2. The third-order valence-corrected chi connectivity index (χ3v) is 1.26. The summed E-state index contributed by atoms with van der Waals surface area (Å²) in [5, 5.41) is 5.81. The molecule has 0 radical (unpaired) electrons. The topological polar surface area (TPSA) is 41.1 Å². The zero-order valence-electron chi connectivity index (χ0n) is 7.77. The first-order valence-corrected chi connectivity index (χ1v) is 3.89. The molecule has 0 rings (SSSR count). The maximum absolute atomic E-state index is 9.99. The van der Waals surface area contributed by atoms with Crippen LogP contribution in [-0.4, -0.2) is 19.1 Å². The van der Waals surface area contributed by atoms with Crippen molar-refractivity contribution in [2.75, 3.05) is 6.54 Å². The van der Waals surface area contributed by atoms with Gasteiger partial charge in [0.05, 0.1) is 6.17 Å². The summed E-state index contributed by atoms with van der Waals surface area (Å²) < 4.78 is 0. The van der Waals surface area contributed by atoms with Gasteiger partial charge in [0.25, 0.3) is 0 Å². The van der Waals surface area contributed by atoms with Crippen LogP contribution in [0.1, 0.15) is 27.7 Å². The lowest BCUT2D eigenvalue weighted by Gasteiger charge is -2.22. The van der Waals surface area contributed by atoms with E-state index in [0.717, 1.165) is 6.54 Å². The van der Waals surface area contributed by atoms with Crippen LogP contribution in [0.25, 0.3) is 0 Å². The Bertz CT molecular complexity index is 118. The van der Waals surface area contributed by atoms with Crippen molar-refractivity contribution in [1.29, 1.82) is 0 Å². The van der Waals surface area contributed by atoms with Gasteiger partial charge in [-0.2, -0.15) is 0 Å². The maximum Gasteiger partial charge on any atom is 0.208 e. The number of amides is 1. The van der Waals surface area contributed by atoms with Crippen LogP contribution in [0.3, 0.4) is 0 Å². The average molecular weight is 158 g/mol. The molecule has 0 aliphatic rings. The van der Waals surface area contributed by atoms with Gasteiger partial charge in [-0.15, -0.1) is 0 Å². The highest BCUT2D eigenvalue weighted by atomic mass is 16.1. The Balaban J connectivity index is 3.45. The molecule has 11 heavy (non-hydrogen) atoms. The molecule has 0 fully saturated rings. The Morgan fingerprint density at radius 1 is 1.45 bits per heavy atom. The molecule has 0 saturated heterocycles. The monoisotopic (exact) mass is 158 g/mol. The molecule has 66 valence electrons. The number of rotatable bonds is 4. The molecule has 1 atom stereocenters. The zero-order chi connectivity index (χ0) is 8.91. The van der Waals surface area contributed by atoms with Gasteiger partial charge >= 0.3 is 0 Å². The normalized spacial score (nSPS) is 14.2. The van der Waals surface area contributed by atoms with Crippen LogP contribution in [0.15, 0.2) is 0 Å². The summed E-state index contributed by atoms with van der Waals surface area (Å²) in [6.45, 7) is 9.25. The molecule has 0 aromatic carbocycles. The average Bonchev–Trinajstić information content (AvgIpc) is 1.83. The minimum atomic E-state index is 0.0618. The van der Waals surface area contributed by atoms with E-state index in [1.807, 2.05) is 6.92 Å². The highest BCUT2D eigenvalue weighted by molar-refractivity contribution is 5.46. The Hall–Kier alpha value is -0.570. The van der Waals surface area contributed by atoms with Crippen molar-refractivity contribution in [3.63, 3.8) is 0 Å². The molecule has 0 saturated carbocycles. The van der Waals surface area contributed by atoms with Crippen molar-refractivity contribution < 1.29 is 4.79 Å². The minimum Gasteiger partial charge on any atom is -0.344 e. The highest BCUT2D eigenvalue weighted by Crippen LogP contribution is 2.10. The standard InChI is InChI=1S/C8H18N2O/c1-7(10-6-11)9-5-8(2,3)4/h6-7,9H,5H2,1-4H3,(H,10,11). The van der Waals surface area contributed by atoms with E-state index in [1.54, 1.807) is 0 Å². The lowest BCUT2D eigenvalue weighted by molar-refractivity contribution is -0.110. The van der Waals surface area contributed by atoms with Crippen LogP contribution in [0.5, 0.6) is 0 Å². The Labute approximate surface area is 68.6 Å². The van der Waals surface area contributed by atoms with Crippen molar-refractivity contribution in [1.82, 2.24) is 10.6 Å². The summed E-state index contributed by atoms with van der Waals surface area (Å²) in [6.07, 6.45) is 0.770. The van der Waals surface area contributed by atoms with Crippen LogP contribution in [0.2, 0.25) is 0 Å². The summed E-state index contributed by atoms with van der Waals surface area (Å²) in [7, 11) is 0. The third kappa shape index (κ3) is 7.33. The van der Waals surface area contributed by atoms with E-state index < -0.39 is 0 Å². The molecule has 1 amide bonds. The lowest BCUT2D eigenvalue weighted by atomic mass is 9.97. The fraction of sp³-hybridized carbons (Fsp3) is 0.875. The molecular formula is C8H18N2O. The Morgan fingerprint density at radius 3 is 2.36 bits per heavy atom. The number of hydrogen-bond acceptors (Lipinski definition) is 2. The summed E-state index contributed by atoms with van der Waals surface area (Å²) in [5.41, 5.74) is 0.263. The minimum absolute atomic E-state index is 0.0618. The number of nitrogens with one attached hydrogen (secondary N) is 2. The van der Waals surface area contributed by atoms with E-state index in [4.69, 9.17) is 0 Å². The predicted octanol–water partition coefficient (Wildman–Crippen LogP) is 0.714. The Morgan fingerprint density at radius 2 is 2.00 bits per heavy atom. The van der Waals surface area contributed by atoms with Crippen LogP contribution in [0, 0.1) is 5.41 Å². The molecule has 0 bridgehead atoms. The van der Waals surface area contributed by atoms with Gasteiger partial charge in [-0.1, -0.05) is 20.8 Å². The summed E-state index contributed by atoms with van der Waals surface area (Å²) in [6, 6.07) is 0. The van der Waals surface area contributed by atoms with E-state index in [1.165, 1.54) is 0 Å². The van der Waals surface area contributed by atoms with E-state index in [-0.39, 0.29) is 11.6 Å². The van der Waals surface area contributed by atoms with Gasteiger partial charge in [0.1, 0.15) is 0 Å². The molecule has 0 aliphatic carbocycles. The van der Waals surface area contributed by atoms with Crippen molar-refractivity contribution in [2.45, 2.75) is 33.9 Å². The quantitative estimate of drug-likeness (QED) is 0.467. The van der Waals surface area contributed by atoms with Crippen LogP contribution < -0.4 is 10.6 Å². The van der Waals surface area contributed by atoms with Gasteiger partial charge in [-0.25, -0.2) is 0 Å². The second-order valence-corrected chi connectivity index (χ2v) is 3.95. The molecular weight excluding hydrogens is 140 g/mol. The molecule has 3 heteroatoms. The van der Waals surface area contributed by atoms with Gasteiger partial charge in [-0.05, 0) is 12.3 Å². The van der Waals surface area contributed by atoms with Crippen LogP contribution >= 0.6 is 0 Å². The van der Waals surface area contributed by atoms with Gasteiger partial charge in [0.15, 0.2) is 0 Å². The highest BCUT2D eigenvalue weighted by Gasteiger charge is 2.10. The molecule has 2 N–H and O–H groups in total. The molecule has 0 heterocycles. The first kappa shape index (κ1) is 10.4.